The van der Waals surface area contributed by atoms with E-state index in [1.54, 1.807) is 0 Å². The van der Waals surface area contributed by atoms with Crippen LogP contribution in [0.25, 0.3) is 0 Å². The van der Waals surface area contributed by atoms with E-state index in [-0.39, 0.29) is 19.3 Å². The Morgan fingerprint density at radius 1 is 0.377 bits per heavy atom. The summed E-state index contributed by atoms with van der Waals surface area (Å²) in [5.41, 5.74) is 0. The van der Waals surface area contributed by atoms with Crippen molar-refractivity contribution in [1.82, 2.24) is 0 Å². The first-order valence-electron chi connectivity index (χ1n) is 29.6. The van der Waals surface area contributed by atoms with Gasteiger partial charge in [-0.25, -0.2) is 9.13 Å². The minimum Gasteiger partial charge on any atom is -0.463 e. The van der Waals surface area contributed by atoms with Gasteiger partial charge in [0.05, 0.1) is 26.4 Å². The summed E-state index contributed by atoms with van der Waals surface area (Å²) in [6.45, 7) is 2.47. The second kappa shape index (κ2) is 53.9. The molecule has 5 unspecified atom stereocenters. The van der Waals surface area contributed by atoms with Gasteiger partial charge >= 0.3 is 33.6 Å². The van der Waals surface area contributed by atoms with Gasteiger partial charge in [0.25, 0.3) is 0 Å². The van der Waals surface area contributed by atoms with Crippen molar-refractivity contribution in [3.8, 4) is 0 Å². The van der Waals surface area contributed by atoms with E-state index in [0.29, 0.717) is 19.3 Å². The minimum absolute atomic E-state index is 0.105. The number of aliphatic hydroxyl groups is 2. The third-order valence-corrected chi connectivity index (χ3v) is 14.1. The van der Waals surface area contributed by atoms with E-state index in [1.807, 2.05) is 0 Å². The van der Waals surface area contributed by atoms with Crippen LogP contribution in [0.2, 0.25) is 0 Å². The summed E-state index contributed by atoms with van der Waals surface area (Å²) < 4.78 is 60.5. The van der Waals surface area contributed by atoms with Crippen molar-refractivity contribution in [1.29, 1.82) is 0 Å². The van der Waals surface area contributed by atoms with Gasteiger partial charge in [-0.1, -0.05) is 197 Å². The molecule has 0 radical (unpaired) electrons. The molecule has 18 heteroatoms. The highest BCUT2D eigenvalue weighted by Gasteiger charge is 2.29. The number of allylic oxidation sites excluding steroid dienone is 10. The Morgan fingerprint density at radius 2 is 0.688 bits per heavy atom. The van der Waals surface area contributed by atoms with Gasteiger partial charge in [-0.15, -0.1) is 0 Å². The molecular weight excluding hydrogens is 1030 g/mol. The Morgan fingerprint density at radius 3 is 1.12 bits per heavy atom. The highest BCUT2D eigenvalue weighted by atomic mass is 31.2. The number of ether oxygens (including phenoxy) is 3. The van der Waals surface area contributed by atoms with E-state index in [0.717, 1.165) is 122 Å². The van der Waals surface area contributed by atoms with Crippen LogP contribution in [0.3, 0.4) is 0 Å². The topological polar surface area (TPSA) is 231 Å². The molecule has 0 saturated heterocycles. The molecule has 0 saturated carbocycles. The fourth-order valence-electron chi connectivity index (χ4n) is 7.67. The van der Waals surface area contributed by atoms with Crippen molar-refractivity contribution in [2.24, 2.45) is 0 Å². The van der Waals surface area contributed by atoms with Crippen molar-refractivity contribution in [3.63, 3.8) is 0 Å². The van der Waals surface area contributed by atoms with Gasteiger partial charge in [0.2, 0.25) is 0 Å². The number of rotatable bonds is 56. The first-order chi connectivity index (χ1) is 37.2. The zero-order valence-electron chi connectivity index (χ0n) is 47.9. The zero-order valence-corrected chi connectivity index (χ0v) is 49.7. The molecule has 16 nitrogen and oxygen atoms in total. The summed E-state index contributed by atoms with van der Waals surface area (Å²) in [4.78, 5) is 58.0. The second-order valence-corrected chi connectivity index (χ2v) is 22.7. The smallest absolute Gasteiger partial charge is 0.463 e. The molecular formula is C59H106O16P2. The van der Waals surface area contributed by atoms with Crippen LogP contribution < -0.4 is 0 Å². The van der Waals surface area contributed by atoms with Crippen LogP contribution in [0, 0.1) is 0 Å². The van der Waals surface area contributed by atoms with E-state index in [4.69, 9.17) is 32.3 Å². The highest BCUT2D eigenvalue weighted by Crippen LogP contribution is 2.45. The number of phosphoric ester groups is 2. The molecule has 0 amide bonds. The van der Waals surface area contributed by atoms with Crippen LogP contribution in [-0.2, 0) is 55.8 Å². The summed E-state index contributed by atoms with van der Waals surface area (Å²) in [6.07, 6.45) is 50.1. The van der Waals surface area contributed by atoms with E-state index >= 15 is 0 Å². The number of carbonyl (C=O) groups is 3. The third kappa shape index (κ3) is 55.0. The molecule has 0 aromatic rings. The van der Waals surface area contributed by atoms with Crippen molar-refractivity contribution in [3.05, 3.63) is 60.8 Å². The lowest BCUT2D eigenvalue weighted by atomic mass is 10.1. The van der Waals surface area contributed by atoms with Crippen molar-refractivity contribution in [2.75, 3.05) is 39.6 Å². The summed E-state index contributed by atoms with van der Waals surface area (Å²) in [5.74, 6) is -1.60. The fraction of sp³-hybridized carbons (Fsp3) is 0.780. The molecule has 0 aliphatic rings. The largest absolute Gasteiger partial charge is 0.472 e. The van der Waals surface area contributed by atoms with Gasteiger partial charge in [0.15, 0.2) is 6.10 Å². The third-order valence-electron chi connectivity index (χ3n) is 12.2. The lowest BCUT2D eigenvalue weighted by molar-refractivity contribution is -0.161. The SMILES string of the molecule is CC/C=C\C/C=C\C/C=C\CCCCCCCC(=O)OCC(O)COP(=O)(O)OCC(O)COP(=O)(O)OCC(COC(=O)CCCCCCC/C=C\C/C=C\CCCCC)OC(=O)CCCCCCCCCCCCC. The number of unbranched alkanes of at least 4 members (excludes halogenated alkanes) is 23. The molecule has 0 aliphatic heterocycles. The Balaban J connectivity index is 4.68. The average molecular weight is 1130 g/mol. The maximum Gasteiger partial charge on any atom is 0.472 e. The van der Waals surface area contributed by atoms with Crippen LogP contribution in [0.15, 0.2) is 60.8 Å². The quantitative estimate of drug-likeness (QED) is 0.0146. The maximum atomic E-state index is 12.8. The predicted octanol–water partition coefficient (Wildman–Crippen LogP) is 15.1. The van der Waals surface area contributed by atoms with E-state index in [9.17, 15) is 43.5 Å². The highest BCUT2D eigenvalue weighted by molar-refractivity contribution is 7.47. The lowest BCUT2D eigenvalue weighted by Gasteiger charge is -2.21. The van der Waals surface area contributed by atoms with Crippen LogP contribution in [0.1, 0.15) is 239 Å². The Hall–Kier alpha value is -2.75. The predicted molar refractivity (Wildman–Crippen MR) is 307 cm³/mol. The van der Waals surface area contributed by atoms with E-state index < -0.39 is 91.5 Å². The number of hydrogen-bond acceptors (Lipinski definition) is 14. The Labute approximate surface area is 465 Å². The molecule has 0 aromatic heterocycles. The summed E-state index contributed by atoms with van der Waals surface area (Å²) in [5, 5.41) is 20.4. The molecule has 0 aliphatic carbocycles. The van der Waals surface area contributed by atoms with Crippen LogP contribution in [0.4, 0.5) is 0 Å². The average Bonchev–Trinajstić information content (AvgIpc) is 3.40. The standard InChI is InChI=1S/C59H106O16P2/c1-4-7-10-13-16-19-22-24-26-28-31-33-36-39-42-45-57(62)69-48-54(60)49-71-76(65,66)72-50-55(61)51-73-77(67,68)74-53-56(75-59(64)47-44-41-38-35-30-21-18-15-12-9-6-3)52-70-58(63)46-43-40-37-34-32-29-27-25-23-20-17-14-11-8-5-2/h7,10,16-17,19-20,24-27,54-56,60-61H,4-6,8-9,11-15,18,21-23,28-53H2,1-3H3,(H,65,66)(H,67,68)/b10-7-,19-16-,20-17-,26-24-,27-25-. The van der Waals surface area contributed by atoms with Gasteiger partial charge in [0, 0.05) is 19.3 Å². The first kappa shape index (κ1) is 74.2. The molecule has 4 N–H and O–H groups in total. The van der Waals surface area contributed by atoms with Gasteiger partial charge in [0.1, 0.15) is 25.4 Å². The second-order valence-electron chi connectivity index (χ2n) is 19.8. The molecule has 0 bridgehead atoms. The molecule has 448 valence electrons. The summed E-state index contributed by atoms with van der Waals surface area (Å²) >= 11 is 0. The molecule has 77 heavy (non-hydrogen) atoms. The van der Waals surface area contributed by atoms with Crippen LogP contribution in [0.5, 0.6) is 0 Å². The molecule has 0 aromatic carbocycles. The number of carbonyl (C=O) groups excluding carboxylic acids is 3. The number of aliphatic hydroxyl groups excluding tert-OH is 2. The van der Waals surface area contributed by atoms with E-state index in [1.165, 1.54) is 57.8 Å². The van der Waals surface area contributed by atoms with Gasteiger partial charge in [-0.3, -0.25) is 32.5 Å². The van der Waals surface area contributed by atoms with Crippen LogP contribution in [-0.4, -0.2) is 95.9 Å². The molecule has 0 rings (SSSR count). The molecule has 5 atom stereocenters. The number of hydrogen-bond donors (Lipinski definition) is 4. The number of phosphoric acid groups is 2. The maximum absolute atomic E-state index is 12.8. The van der Waals surface area contributed by atoms with Crippen LogP contribution >= 0.6 is 15.6 Å². The Kier molecular flexibility index (Phi) is 51.9. The van der Waals surface area contributed by atoms with Crippen molar-refractivity contribution < 1.29 is 75.8 Å². The number of esters is 3. The molecule has 0 spiro atoms. The molecule has 0 fully saturated rings. The fourth-order valence-corrected chi connectivity index (χ4v) is 9.26. The van der Waals surface area contributed by atoms with Gasteiger partial charge in [-0.2, -0.15) is 0 Å². The van der Waals surface area contributed by atoms with Gasteiger partial charge < -0.3 is 34.2 Å². The van der Waals surface area contributed by atoms with E-state index in [2.05, 4.69) is 81.5 Å². The lowest BCUT2D eigenvalue weighted by Crippen LogP contribution is -2.30. The first-order valence-corrected chi connectivity index (χ1v) is 32.6. The monoisotopic (exact) mass is 1130 g/mol. The van der Waals surface area contributed by atoms with Crippen molar-refractivity contribution in [2.45, 2.75) is 257 Å². The summed E-state index contributed by atoms with van der Waals surface area (Å²) in [7, 11) is -9.75. The summed E-state index contributed by atoms with van der Waals surface area (Å²) in [6, 6.07) is 0. The van der Waals surface area contributed by atoms with Crippen molar-refractivity contribution >= 4 is 33.6 Å². The molecule has 0 heterocycles. The zero-order chi connectivity index (χ0) is 56.8. The Bertz CT molecular complexity index is 1670. The van der Waals surface area contributed by atoms with Gasteiger partial charge in [-0.05, 0) is 83.5 Å². The minimum atomic E-state index is -4.91. The normalized spacial score (nSPS) is 14.9.